The molecule has 1 fully saturated rings. The highest BCUT2D eigenvalue weighted by atomic mass is 79.9. The van der Waals surface area contributed by atoms with Crippen molar-refractivity contribution in [1.82, 2.24) is 5.32 Å². The third kappa shape index (κ3) is 6.00. The van der Waals surface area contributed by atoms with E-state index < -0.39 is 17.8 Å². The van der Waals surface area contributed by atoms with E-state index >= 15 is 0 Å². The van der Waals surface area contributed by atoms with Crippen LogP contribution in [0.4, 0.5) is 10.5 Å². The van der Waals surface area contributed by atoms with E-state index in [0.29, 0.717) is 35.8 Å². The first kappa shape index (κ1) is 26.4. The first-order chi connectivity index (χ1) is 17.8. The summed E-state index contributed by atoms with van der Waals surface area (Å²) in [5.74, 6) is -0.523. The molecule has 9 heteroatoms. The maximum Gasteiger partial charge on any atom is 0.335 e. The van der Waals surface area contributed by atoms with Crippen LogP contribution < -0.4 is 19.7 Å². The average molecular weight is 626 g/mol. The van der Waals surface area contributed by atoms with Crippen LogP contribution in [0.25, 0.3) is 6.08 Å². The van der Waals surface area contributed by atoms with Gasteiger partial charge in [0.15, 0.2) is 11.5 Å². The molecule has 1 aliphatic heterocycles. The fourth-order valence-electron chi connectivity index (χ4n) is 3.77. The molecule has 0 aliphatic carbocycles. The number of imide groups is 2. The number of nitrogens with one attached hydrogen (secondary N) is 1. The molecule has 4 rings (SSSR count). The quantitative estimate of drug-likeness (QED) is 0.183. The summed E-state index contributed by atoms with van der Waals surface area (Å²) in [5.41, 5.74) is 2.43. The zero-order valence-corrected chi connectivity index (χ0v) is 23.0. The minimum atomic E-state index is -0.809. The third-order valence-electron chi connectivity index (χ3n) is 5.53. The Morgan fingerprint density at radius 3 is 2.24 bits per heavy atom. The van der Waals surface area contributed by atoms with Gasteiger partial charge in [0.25, 0.3) is 11.8 Å². The highest BCUT2D eigenvalue weighted by Gasteiger charge is 2.36. The van der Waals surface area contributed by atoms with Gasteiger partial charge in [0.2, 0.25) is 0 Å². The third-order valence-corrected chi connectivity index (χ3v) is 6.59. The number of halogens is 2. The maximum absolute atomic E-state index is 13.2. The number of benzene rings is 3. The van der Waals surface area contributed by atoms with E-state index in [2.05, 4.69) is 43.8 Å². The van der Waals surface area contributed by atoms with E-state index in [9.17, 15) is 14.4 Å². The van der Waals surface area contributed by atoms with Crippen molar-refractivity contribution < 1.29 is 23.9 Å². The van der Waals surface area contributed by atoms with Crippen LogP contribution in [-0.2, 0) is 22.6 Å². The SMILES string of the molecule is C=CCc1cc(/C=C2/C(=O)NC(=O)N(c3ccc(Br)cc3)C2=O)cc(OC)c1OCc1ccc(Br)cc1. The molecule has 0 radical (unpaired) electrons. The molecule has 0 aromatic heterocycles. The van der Waals surface area contributed by atoms with Crippen molar-refractivity contribution in [2.45, 2.75) is 13.0 Å². The maximum atomic E-state index is 13.2. The molecule has 3 aromatic rings. The summed E-state index contributed by atoms with van der Waals surface area (Å²) < 4.78 is 13.5. The highest BCUT2D eigenvalue weighted by molar-refractivity contribution is 9.10. The van der Waals surface area contributed by atoms with Crippen molar-refractivity contribution in [3.63, 3.8) is 0 Å². The van der Waals surface area contributed by atoms with E-state index in [-0.39, 0.29) is 5.57 Å². The highest BCUT2D eigenvalue weighted by Crippen LogP contribution is 2.35. The fraction of sp³-hybridized carbons (Fsp3) is 0.107. The largest absolute Gasteiger partial charge is 0.493 e. The molecular weight excluding hydrogens is 604 g/mol. The fourth-order valence-corrected chi connectivity index (χ4v) is 4.30. The molecule has 1 heterocycles. The van der Waals surface area contributed by atoms with E-state index in [1.165, 1.54) is 13.2 Å². The Bertz CT molecular complexity index is 1400. The smallest absolute Gasteiger partial charge is 0.335 e. The second-order valence-corrected chi connectivity index (χ2v) is 9.88. The molecule has 1 aliphatic rings. The van der Waals surface area contributed by atoms with Crippen molar-refractivity contribution in [3.05, 3.63) is 105 Å². The van der Waals surface area contributed by atoms with Crippen LogP contribution in [-0.4, -0.2) is 25.0 Å². The first-order valence-electron chi connectivity index (χ1n) is 11.2. The average Bonchev–Trinajstić information content (AvgIpc) is 2.88. The van der Waals surface area contributed by atoms with Crippen molar-refractivity contribution in [2.24, 2.45) is 0 Å². The van der Waals surface area contributed by atoms with Gasteiger partial charge in [0.05, 0.1) is 12.8 Å². The lowest BCUT2D eigenvalue weighted by Gasteiger charge is -2.26. The number of anilines is 1. The summed E-state index contributed by atoms with van der Waals surface area (Å²) in [4.78, 5) is 39.3. The number of urea groups is 1. The van der Waals surface area contributed by atoms with E-state index in [1.807, 2.05) is 24.3 Å². The van der Waals surface area contributed by atoms with Gasteiger partial charge >= 0.3 is 6.03 Å². The normalized spacial score (nSPS) is 14.5. The number of hydrogen-bond acceptors (Lipinski definition) is 5. The minimum absolute atomic E-state index is 0.183. The Morgan fingerprint density at radius 1 is 0.973 bits per heavy atom. The lowest BCUT2D eigenvalue weighted by atomic mass is 10.0. The number of amides is 4. The topological polar surface area (TPSA) is 84.9 Å². The molecule has 3 aromatic carbocycles. The lowest BCUT2D eigenvalue weighted by molar-refractivity contribution is -0.122. The molecule has 0 atom stereocenters. The van der Waals surface area contributed by atoms with E-state index in [4.69, 9.17) is 9.47 Å². The van der Waals surface area contributed by atoms with E-state index in [1.54, 1.807) is 42.5 Å². The Morgan fingerprint density at radius 2 is 1.62 bits per heavy atom. The van der Waals surface area contributed by atoms with Gasteiger partial charge in [0, 0.05) is 14.5 Å². The van der Waals surface area contributed by atoms with E-state index in [0.717, 1.165) is 25.0 Å². The number of carbonyl (C=O) groups is 3. The zero-order valence-electron chi connectivity index (χ0n) is 19.8. The molecular formula is C28H22Br2N2O5. The van der Waals surface area contributed by atoms with Crippen molar-refractivity contribution >= 4 is 61.5 Å². The summed E-state index contributed by atoms with van der Waals surface area (Å²) in [6, 6.07) is 17.1. The molecule has 0 saturated carbocycles. The van der Waals surface area contributed by atoms with Crippen molar-refractivity contribution in [2.75, 3.05) is 12.0 Å². The van der Waals surface area contributed by atoms with Gasteiger partial charge < -0.3 is 9.47 Å². The van der Waals surface area contributed by atoms with Gasteiger partial charge in [-0.15, -0.1) is 6.58 Å². The molecule has 7 nitrogen and oxygen atoms in total. The van der Waals surface area contributed by atoms with Gasteiger partial charge in [0.1, 0.15) is 12.2 Å². The second kappa shape index (κ2) is 11.6. The zero-order chi connectivity index (χ0) is 26.5. The molecule has 0 bridgehead atoms. The predicted octanol–water partition coefficient (Wildman–Crippen LogP) is 6.19. The number of rotatable bonds is 8. The Kier molecular flexibility index (Phi) is 8.25. The number of nitrogens with zero attached hydrogens (tertiary/aromatic N) is 1. The van der Waals surface area contributed by atoms with Crippen LogP contribution in [0.3, 0.4) is 0 Å². The molecule has 0 unspecified atom stereocenters. The Balaban J connectivity index is 1.69. The number of ether oxygens (including phenoxy) is 2. The molecule has 4 amide bonds. The summed E-state index contributed by atoms with van der Waals surface area (Å²) in [5, 5.41) is 2.24. The molecule has 0 spiro atoms. The van der Waals surface area contributed by atoms with Crippen LogP contribution >= 0.6 is 31.9 Å². The Labute approximate surface area is 231 Å². The minimum Gasteiger partial charge on any atom is -0.493 e. The summed E-state index contributed by atoms with van der Waals surface area (Å²) >= 11 is 6.75. The van der Waals surface area contributed by atoms with Gasteiger partial charge in [-0.25, -0.2) is 9.69 Å². The first-order valence-corrected chi connectivity index (χ1v) is 12.8. The van der Waals surface area contributed by atoms with Crippen molar-refractivity contribution in [3.8, 4) is 11.5 Å². The summed E-state index contributed by atoms with van der Waals surface area (Å²) in [6.07, 6.45) is 3.63. The summed E-state index contributed by atoms with van der Waals surface area (Å²) in [6.45, 7) is 4.14. The number of carbonyl (C=O) groups excluding carboxylic acids is 3. The number of allylic oxidation sites excluding steroid dienone is 1. The number of hydrogen-bond donors (Lipinski definition) is 1. The Hall–Kier alpha value is -3.69. The molecule has 188 valence electrons. The van der Waals surface area contributed by atoms with Crippen molar-refractivity contribution in [1.29, 1.82) is 0 Å². The molecule has 1 saturated heterocycles. The van der Waals surface area contributed by atoms with Crippen LogP contribution in [0.15, 0.2) is 87.8 Å². The molecule has 1 N–H and O–H groups in total. The van der Waals surface area contributed by atoms with Crippen LogP contribution in [0, 0.1) is 0 Å². The van der Waals surface area contributed by atoms with Gasteiger partial charge in [-0.1, -0.05) is 50.1 Å². The lowest BCUT2D eigenvalue weighted by Crippen LogP contribution is -2.54. The van der Waals surface area contributed by atoms with Gasteiger partial charge in [-0.05, 0) is 72.2 Å². The molecule has 37 heavy (non-hydrogen) atoms. The van der Waals surface area contributed by atoms with Gasteiger partial charge in [-0.3, -0.25) is 14.9 Å². The van der Waals surface area contributed by atoms with Crippen LogP contribution in [0.5, 0.6) is 11.5 Å². The summed E-state index contributed by atoms with van der Waals surface area (Å²) in [7, 11) is 1.52. The van der Waals surface area contributed by atoms with Crippen LogP contribution in [0.1, 0.15) is 16.7 Å². The monoisotopic (exact) mass is 624 g/mol. The second-order valence-electron chi connectivity index (χ2n) is 8.05. The predicted molar refractivity (Wildman–Crippen MR) is 149 cm³/mol. The number of methoxy groups -OCH3 is 1. The van der Waals surface area contributed by atoms with Gasteiger partial charge in [-0.2, -0.15) is 0 Å². The van der Waals surface area contributed by atoms with Crippen LogP contribution in [0.2, 0.25) is 0 Å². The number of barbiturate groups is 1. The standard InChI is InChI=1S/C28H22Br2N2O5/c1-3-4-19-13-18(15-24(36-2)25(19)37-16-17-5-7-20(29)8-6-17)14-23-26(33)31-28(35)32(27(23)34)22-11-9-21(30)10-12-22/h3,5-15H,1,4,16H2,2H3,(H,31,33,35)/b23-14-.